The average molecular weight is 264 g/mol. The normalized spacial score (nSPS) is 35.5. The second-order valence-corrected chi connectivity index (χ2v) is 5.76. The van der Waals surface area contributed by atoms with Crippen LogP contribution >= 0.6 is 0 Å². The standard InChI is InChI=1S/C15H21FN2O/c1-10-15(14-7-6-12(16)8-17-14)19-9-11-4-2-3-5-13(11)18-10/h6-8,10-11,13,15,18H,2-5,9H2,1H3. The average Bonchev–Trinajstić information content (AvgIpc) is 2.58. The Labute approximate surface area is 113 Å². The fourth-order valence-corrected chi connectivity index (χ4v) is 3.32. The Bertz CT molecular complexity index is 423. The zero-order valence-electron chi connectivity index (χ0n) is 11.3. The van der Waals surface area contributed by atoms with E-state index in [0.29, 0.717) is 12.0 Å². The van der Waals surface area contributed by atoms with Gasteiger partial charge in [-0.1, -0.05) is 12.8 Å². The molecular formula is C15H21FN2O. The Hall–Kier alpha value is -1.00. The van der Waals surface area contributed by atoms with Gasteiger partial charge >= 0.3 is 0 Å². The SMILES string of the molecule is CC1NC2CCCCC2COC1c1ccc(F)cn1. The molecule has 104 valence electrons. The first kappa shape index (κ1) is 13.0. The van der Waals surface area contributed by atoms with E-state index in [1.54, 1.807) is 6.07 Å². The summed E-state index contributed by atoms with van der Waals surface area (Å²) in [5.41, 5.74) is 0.819. The third-order valence-corrected chi connectivity index (χ3v) is 4.37. The lowest BCUT2D eigenvalue weighted by Crippen LogP contribution is -2.43. The van der Waals surface area contributed by atoms with Crippen LogP contribution in [0.4, 0.5) is 4.39 Å². The van der Waals surface area contributed by atoms with Crippen LogP contribution < -0.4 is 5.32 Å². The van der Waals surface area contributed by atoms with Crippen LogP contribution in [0.1, 0.15) is 44.4 Å². The van der Waals surface area contributed by atoms with Crippen LogP contribution in [0.2, 0.25) is 0 Å². The number of pyridine rings is 1. The smallest absolute Gasteiger partial charge is 0.141 e. The van der Waals surface area contributed by atoms with Crippen LogP contribution in [0.15, 0.2) is 18.3 Å². The number of nitrogens with zero attached hydrogens (tertiary/aromatic N) is 1. The number of fused-ring (bicyclic) bond motifs is 1. The summed E-state index contributed by atoms with van der Waals surface area (Å²) in [6.45, 7) is 2.92. The molecule has 0 radical (unpaired) electrons. The molecule has 2 fully saturated rings. The van der Waals surface area contributed by atoms with Crippen molar-refractivity contribution in [3.8, 4) is 0 Å². The van der Waals surface area contributed by atoms with Crippen molar-refractivity contribution in [2.75, 3.05) is 6.61 Å². The number of hydrogen-bond acceptors (Lipinski definition) is 3. The molecule has 19 heavy (non-hydrogen) atoms. The van der Waals surface area contributed by atoms with Gasteiger partial charge in [0.15, 0.2) is 0 Å². The fourth-order valence-electron chi connectivity index (χ4n) is 3.32. The molecule has 0 spiro atoms. The summed E-state index contributed by atoms with van der Waals surface area (Å²) in [6, 6.07) is 3.96. The van der Waals surface area contributed by atoms with Gasteiger partial charge in [-0.05, 0) is 37.8 Å². The minimum Gasteiger partial charge on any atom is -0.370 e. The predicted molar refractivity (Wildman–Crippen MR) is 71.2 cm³/mol. The molecular weight excluding hydrogens is 243 g/mol. The van der Waals surface area contributed by atoms with Crippen molar-refractivity contribution in [3.05, 3.63) is 29.8 Å². The van der Waals surface area contributed by atoms with E-state index in [-0.39, 0.29) is 18.0 Å². The minimum atomic E-state index is -0.299. The van der Waals surface area contributed by atoms with E-state index < -0.39 is 0 Å². The van der Waals surface area contributed by atoms with Crippen LogP contribution in [0.25, 0.3) is 0 Å². The predicted octanol–water partition coefficient (Wildman–Crippen LogP) is 2.83. The Morgan fingerprint density at radius 1 is 1.32 bits per heavy atom. The Morgan fingerprint density at radius 2 is 2.16 bits per heavy atom. The van der Waals surface area contributed by atoms with Crippen LogP contribution in [-0.4, -0.2) is 23.7 Å². The number of halogens is 1. The summed E-state index contributed by atoms with van der Waals surface area (Å²) in [6.07, 6.45) is 6.28. The molecule has 1 saturated heterocycles. The van der Waals surface area contributed by atoms with Gasteiger partial charge < -0.3 is 10.1 Å². The first-order valence-corrected chi connectivity index (χ1v) is 7.23. The van der Waals surface area contributed by atoms with Gasteiger partial charge in [0.2, 0.25) is 0 Å². The lowest BCUT2D eigenvalue weighted by atomic mass is 9.85. The van der Waals surface area contributed by atoms with Crippen molar-refractivity contribution in [3.63, 3.8) is 0 Å². The molecule has 2 aliphatic rings. The molecule has 4 heteroatoms. The molecule has 1 N–H and O–H groups in total. The van der Waals surface area contributed by atoms with Crippen molar-refractivity contribution in [2.24, 2.45) is 5.92 Å². The number of rotatable bonds is 1. The second-order valence-electron chi connectivity index (χ2n) is 5.76. The van der Waals surface area contributed by atoms with E-state index in [1.165, 1.54) is 37.9 Å². The quantitative estimate of drug-likeness (QED) is 0.847. The van der Waals surface area contributed by atoms with Gasteiger partial charge in [-0.3, -0.25) is 4.98 Å². The van der Waals surface area contributed by atoms with E-state index in [2.05, 4.69) is 17.2 Å². The number of nitrogens with one attached hydrogen (secondary N) is 1. The second kappa shape index (κ2) is 5.55. The summed E-state index contributed by atoms with van der Waals surface area (Å²) in [5, 5.41) is 3.69. The molecule has 0 amide bonds. The first-order chi connectivity index (χ1) is 9.24. The third-order valence-electron chi connectivity index (χ3n) is 4.37. The third kappa shape index (κ3) is 2.79. The lowest BCUT2D eigenvalue weighted by molar-refractivity contribution is 0.0237. The van der Waals surface area contributed by atoms with E-state index in [9.17, 15) is 4.39 Å². The van der Waals surface area contributed by atoms with Crippen molar-refractivity contribution in [1.82, 2.24) is 10.3 Å². The van der Waals surface area contributed by atoms with Crippen LogP contribution in [0.3, 0.4) is 0 Å². The van der Waals surface area contributed by atoms with Gasteiger partial charge in [-0.2, -0.15) is 0 Å². The molecule has 1 aromatic rings. The van der Waals surface area contributed by atoms with E-state index in [0.717, 1.165) is 12.3 Å². The zero-order chi connectivity index (χ0) is 13.2. The fraction of sp³-hybridized carbons (Fsp3) is 0.667. The van der Waals surface area contributed by atoms with Gasteiger partial charge in [0, 0.05) is 12.1 Å². The van der Waals surface area contributed by atoms with Crippen molar-refractivity contribution in [2.45, 2.75) is 50.8 Å². The van der Waals surface area contributed by atoms with E-state index in [1.807, 2.05) is 0 Å². The number of ether oxygens (including phenoxy) is 1. The topological polar surface area (TPSA) is 34.1 Å². The van der Waals surface area contributed by atoms with Crippen LogP contribution in [-0.2, 0) is 4.74 Å². The summed E-state index contributed by atoms with van der Waals surface area (Å²) in [4.78, 5) is 4.17. The largest absolute Gasteiger partial charge is 0.370 e. The number of hydrogen-bond donors (Lipinski definition) is 1. The van der Waals surface area contributed by atoms with Gasteiger partial charge in [0.1, 0.15) is 11.9 Å². The van der Waals surface area contributed by atoms with Crippen molar-refractivity contribution < 1.29 is 9.13 Å². The summed E-state index contributed by atoms with van der Waals surface area (Å²) in [5.74, 6) is 0.313. The van der Waals surface area contributed by atoms with E-state index in [4.69, 9.17) is 4.74 Å². The van der Waals surface area contributed by atoms with Crippen LogP contribution in [0.5, 0.6) is 0 Å². The molecule has 2 heterocycles. The summed E-state index contributed by atoms with van der Waals surface area (Å²) < 4.78 is 19.0. The van der Waals surface area contributed by atoms with Gasteiger partial charge in [-0.15, -0.1) is 0 Å². The molecule has 3 nitrogen and oxygen atoms in total. The molecule has 1 saturated carbocycles. The van der Waals surface area contributed by atoms with Gasteiger partial charge in [0.05, 0.1) is 18.5 Å². The van der Waals surface area contributed by atoms with Gasteiger partial charge in [-0.25, -0.2) is 4.39 Å². The van der Waals surface area contributed by atoms with Crippen molar-refractivity contribution >= 4 is 0 Å². The monoisotopic (exact) mass is 264 g/mol. The van der Waals surface area contributed by atoms with E-state index >= 15 is 0 Å². The highest BCUT2D eigenvalue weighted by Gasteiger charge is 2.34. The Kier molecular flexibility index (Phi) is 3.80. The first-order valence-electron chi connectivity index (χ1n) is 7.23. The maximum absolute atomic E-state index is 13.0. The van der Waals surface area contributed by atoms with Crippen LogP contribution in [0, 0.1) is 11.7 Å². The molecule has 4 atom stereocenters. The maximum atomic E-state index is 13.0. The van der Waals surface area contributed by atoms with Gasteiger partial charge in [0.25, 0.3) is 0 Å². The Balaban J connectivity index is 1.77. The summed E-state index contributed by atoms with van der Waals surface area (Å²) >= 11 is 0. The lowest BCUT2D eigenvalue weighted by Gasteiger charge is -2.30. The molecule has 3 rings (SSSR count). The molecule has 1 aliphatic carbocycles. The molecule has 0 aromatic carbocycles. The molecule has 1 aromatic heterocycles. The highest BCUT2D eigenvalue weighted by molar-refractivity contribution is 5.11. The van der Waals surface area contributed by atoms with Crippen molar-refractivity contribution in [1.29, 1.82) is 0 Å². The molecule has 0 bridgehead atoms. The zero-order valence-corrected chi connectivity index (χ0v) is 11.3. The molecule has 4 unspecified atom stereocenters. The maximum Gasteiger partial charge on any atom is 0.141 e. The Morgan fingerprint density at radius 3 is 2.95 bits per heavy atom. The molecule has 1 aliphatic heterocycles. The highest BCUT2D eigenvalue weighted by Crippen LogP contribution is 2.32. The summed E-state index contributed by atoms with van der Waals surface area (Å²) in [7, 11) is 0. The highest BCUT2D eigenvalue weighted by atomic mass is 19.1. The minimum absolute atomic E-state index is 0.0776. The number of aromatic nitrogens is 1.